The Morgan fingerprint density at radius 2 is 1.90 bits per heavy atom. The highest BCUT2D eigenvalue weighted by atomic mass is 32.1. The molecule has 0 bridgehead atoms. The molecule has 3 aromatic rings. The van der Waals surface area contributed by atoms with E-state index in [9.17, 15) is 9.59 Å². The van der Waals surface area contributed by atoms with Crippen molar-refractivity contribution in [1.82, 2.24) is 10.3 Å². The number of benzene rings is 2. The van der Waals surface area contributed by atoms with Crippen LogP contribution in [-0.4, -0.2) is 30.5 Å². The predicted octanol–water partition coefficient (Wildman–Crippen LogP) is 4.18. The van der Waals surface area contributed by atoms with Crippen molar-refractivity contribution in [3.63, 3.8) is 0 Å². The van der Waals surface area contributed by atoms with Crippen LogP contribution in [-0.2, 0) is 17.6 Å². The van der Waals surface area contributed by atoms with Gasteiger partial charge in [0.1, 0.15) is 5.75 Å². The molecular weight excluding hydrogens is 410 g/mol. The minimum Gasteiger partial charge on any atom is -0.497 e. The second-order valence-corrected chi connectivity index (χ2v) is 8.57. The number of aromatic nitrogens is 1. The molecule has 1 unspecified atom stereocenters. The van der Waals surface area contributed by atoms with Crippen LogP contribution in [0.15, 0.2) is 54.6 Å². The number of amides is 2. The Labute approximate surface area is 185 Å². The van der Waals surface area contributed by atoms with E-state index in [1.165, 1.54) is 16.9 Å². The summed E-state index contributed by atoms with van der Waals surface area (Å²) in [6.07, 6.45) is 3.42. The van der Waals surface area contributed by atoms with E-state index in [1.807, 2.05) is 18.2 Å². The fraction of sp³-hybridized carbons (Fsp3) is 0.292. The smallest absolute Gasteiger partial charge is 0.257 e. The van der Waals surface area contributed by atoms with Gasteiger partial charge in [-0.2, -0.15) is 0 Å². The molecule has 2 aromatic carbocycles. The molecule has 1 aliphatic rings. The van der Waals surface area contributed by atoms with E-state index >= 15 is 0 Å². The number of rotatable bonds is 8. The number of nitrogens with zero attached hydrogens (tertiary/aromatic N) is 1. The lowest BCUT2D eigenvalue weighted by Crippen LogP contribution is -2.29. The van der Waals surface area contributed by atoms with Crippen molar-refractivity contribution in [1.29, 1.82) is 0 Å². The summed E-state index contributed by atoms with van der Waals surface area (Å²) in [4.78, 5) is 30.8. The fourth-order valence-corrected chi connectivity index (χ4v) is 4.75. The van der Waals surface area contributed by atoms with Gasteiger partial charge in [-0.3, -0.25) is 14.9 Å². The molecule has 0 radical (unpaired) electrons. The Hall–Kier alpha value is -3.19. The first-order valence-electron chi connectivity index (χ1n) is 10.4. The van der Waals surface area contributed by atoms with Crippen molar-refractivity contribution in [3.8, 4) is 5.75 Å². The van der Waals surface area contributed by atoms with Gasteiger partial charge >= 0.3 is 0 Å². The van der Waals surface area contributed by atoms with Crippen molar-refractivity contribution < 1.29 is 14.3 Å². The van der Waals surface area contributed by atoms with Crippen LogP contribution in [0.5, 0.6) is 5.75 Å². The van der Waals surface area contributed by atoms with E-state index in [-0.39, 0.29) is 17.7 Å². The van der Waals surface area contributed by atoms with Crippen LogP contribution >= 0.6 is 11.3 Å². The molecule has 0 saturated carbocycles. The summed E-state index contributed by atoms with van der Waals surface area (Å²) in [6, 6.07) is 17.2. The summed E-state index contributed by atoms with van der Waals surface area (Å²) in [7, 11) is 1.59. The van der Waals surface area contributed by atoms with Crippen LogP contribution in [0.1, 0.15) is 45.3 Å². The number of fused-ring (bicyclic) bond motifs is 1. The molecule has 0 saturated heterocycles. The molecule has 1 heterocycles. The topological polar surface area (TPSA) is 80.3 Å². The van der Waals surface area contributed by atoms with Crippen LogP contribution in [0.2, 0.25) is 0 Å². The number of aryl methyl sites for hydroxylation is 2. The molecule has 7 heteroatoms. The first kappa shape index (κ1) is 21.1. The zero-order valence-corrected chi connectivity index (χ0v) is 18.2. The highest BCUT2D eigenvalue weighted by Gasteiger charge is 2.32. The van der Waals surface area contributed by atoms with Gasteiger partial charge in [0.2, 0.25) is 5.91 Å². The molecule has 1 aliphatic carbocycles. The number of anilines is 1. The van der Waals surface area contributed by atoms with E-state index < -0.39 is 0 Å². The maximum absolute atomic E-state index is 12.7. The SMILES string of the molecule is COc1ccc(C(=O)Nc2nc3c(s2)CCC3C(=O)NCCCc2ccccc2)cc1. The maximum atomic E-state index is 12.7. The lowest BCUT2D eigenvalue weighted by atomic mass is 10.1. The fourth-order valence-electron chi connectivity index (χ4n) is 3.72. The predicted molar refractivity (Wildman–Crippen MR) is 122 cm³/mol. The van der Waals surface area contributed by atoms with Gasteiger partial charge in [0.15, 0.2) is 5.13 Å². The Balaban J connectivity index is 1.31. The summed E-state index contributed by atoms with van der Waals surface area (Å²) in [5, 5.41) is 6.43. The molecule has 0 fully saturated rings. The number of carbonyl (C=O) groups is 2. The summed E-state index contributed by atoms with van der Waals surface area (Å²) < 4.78 is 5.12. The van der Waals surface area contributed by atoms with Gasteiger partial charge in [-0.25, -0.2) is 4.98 Å². The molecule has 0 spiro atoms. The molecule has 1 aromatic heterocycles. The largest absolute Gasteiger partial charge is 0.497 e. The molecule has 6 nitrogen and oxygen atoms in total. The number of hydrogen-bond donors (Lipinski definition) is 2. The third kappa shape index (κ3) is 5.11. The summed E-state index contributed by atoms with van der Waals surface area (Å²) in [5.41, 5.74) is 2.61. The van der Waals surface area contributed by atoms with Crippen molar-refractivity contribution in [2.24, 2.45) is 0 Å². The minimum atomic E-state index is -0.241. The summed E-state index contributed by atoms with van der Waals surface area (Å²) >= 11 is 1.45. The Morgan fingerprint density at radius 1 is 1.13 bits per heavy atom. The van der Waals surface area contributed by atoms with Crippen molar-refractivity contribution in [3.05, 3.63) is 76.3 Å². The minimum absolute atomic E-state index is 0.0187. The second-order valence-electron chi connectivity index (χ2n) is 7.48. The third-order valence-corrected chi connectivity index (χ3v) is 6.44. The number of hydrogen-bond acceptors (Lipinski definition) is 5. The lowest BCUT2D eigenvalue weighted by molar-refractivity contribution is -0.122. The van der Waals surface area contributed by atoms with E-state index in [2.05, 4.69) is 27.8 Å². The van der Waals surface area contributed by atoms with Gasteiger partial charge in [0.05, 0.1) is 18.7 Å². The van der Waals surface area contributed by atoms with E-state index in [1.54, 1.807) is 31.4 Å². The highest BCUT2D eigenvalue weighted by molar-refractivity contribution is 7.16. The van der Waals surface area contributed by atoms with Crippen LogP contribution in [0.3, 0.4) is 0 Å². The van der Waals surface area contributed by atoms with Crippen molar-refractivity contribution >= 4 is 28.3 Å². The van der Waals surface area contributed by atoms with Gasteiger partial charge in [-0.05, 0) is 55.5 Å². The standard InChI is InChI=1S/C24H25N3O3S/c1-30-18-11-9-17(10-12-18)22(28)27-24-26-21-19(13-14-20(21)31-24)23(29)25-15-5-8-16-6-3-2-4-7-16/h2-4,6-7,9-12,19H,5,8,13-15H2,1H3,(H,25,29)(H,26,27,28). The molecule has 4 rings (SSSR count). The normalized spacial score (nSPS) is 14.7. The Morgan fingerprint density at radius 3 is 2.65 bits per heavy atom. The average Bonchev–Trinajstić information content (AvgIpc) is 3.37. The second kappa shape index (κ2) is 9.75. The van der Waals surface area contributed by atoms with Crippen molar-refractivity contribution in [2.45, 2.75) is 31.6 Å². The monoisotopic (exact) mass is 435 g/mol. The Kier molecular flexibility index (Phi) is 6.62. The molecule has 160 valence electrons. The quantitative estimate of drug-likeness (QED) is 0.520. The van der Waals surface area contributed by atoms with Crippen LogP contribution in [0, 0.1) is 0 Å². The third-order valence-electron chi connectivity index (χ3n) is 5.39. The zero-order valence-electron chi connectivity index (χ0n) is 17.4. The summed E-state index contributed by atoms with van der Waals surface area (Å²) in [5.74, 6) is 0.249. The molecule has 1 atom stereocenters. The van der Waals surface area contributed by atoms with Gasteiger partial charge in [0, 0.05) is 17.0 Å². The zero-order chi connectivity index (χ0) is 21.6. The van der Waals surface area contributed by atoms with E-state index in [0.717, 1.165) is 36.3 Å². The maximum Gasteiger partial charge on any atom is 0.257 e. The number of thiazole rings is 1. The van der Waals surface area contributed by atoms with Gasteiger partial charge in [-0.15, -0.1) is 11.3 Å². The van der Waals surface area contributed by atoms with E-state index in [4.69, 9.17) is 4.74 Å². The number of carbonyl (C=O) groups excluding carboxylic acids is 2. The lowest BCUT2D eigenvalue weighted by Gasteiger charge is -2.11. The highest BCUT2D eigenvalue weighted by Crippen LogP contribution is 2.38. The summed E-state index contributed by atoms with van der Waals surface area (Å²) in [6.45, 7) is 0.644. The van der Waals surface area contributed by atoms with Crippen LogP contribution in [0.4, 0.5) is 5.13 Å². The van der Waals surface area contributed by atoms with Crippen molar-refractivity contribution in [2.75, 3.05) is 19.0 Å². The number of nitrogens with one attached hydrogen (secondary N) is 2. The Bertz CT molecular complexity index is 1050. The van der Waals surface area contributed by atoms with Gasteiger partial charge in [0.25, 0.3) is 5.91 Å². The molecule has 31 heavy (non-hydrogen) atoms. The first-order valence-corrected chi connectivity index (χ1v) is 11.2. The van der Waals surface area contributed by atoms with Gasteiger partial charge < -0.3 is 10.1 Å². The van der Waals surface area contributed by atoms with Crippen LogP contribution < -0.4 is 15.4 Å². The van der Waals surface area contributed by atoms with Gasteiger partial charge in [-0.1, -0.05) is 30.3 Å². The molecule has 2 amide bonds. The molecule has 0 aliphatic heterocycles. The number of ether oxygens (including phenoxy) is 1. The molecular formula is C24H25N3O3S. The average molecular weight is 436 g/mol. The molecule has 2 N–H and O–H groups in total. The van der Waals surface area contributed by atoms with Crippen LogP contribution in [0.25, 0.3) is 0 Å². The van der Waals surface area contributed by atoms with E-state index in [0.29, 0.717) is 23.0 Å². The first-order chi connectivity index (χ1) is 15.1. The number of methoxy groups -OCH3 is 1.